The third-order valence-electron chi connectivity index (χ3n) is 1.51. The average Bonchev–Trinajstić information content (AvgIpc) is 2.34. The van der Waals surface area contributed by atoms with E-state index < -0.39 is 0 Å². The summed E-state index contributed by atoms with van der Waals surface area (Å²) in [7, 11) is 0. The third-order valence-corrected chi connectivity index (χ3v) is 1.51. The molecule has 1 heterocycles. The van der Waals surface area contributed by atoms with Crippen molar-refractivity contribution in [2.45, 2.75) is 6.42 Å². The van der Waals surface area contributed by atoms with Crippen LogP contribution in [0.1, 0.15) is 6.42 Å². The first kappa shape index (κ1) is 6.55. The summed E-state index contributed by atoms with van der Waals surface area (Å²) >= 11 is 0. The number of hydrogen-bond acceptors (Lipinski definition) is 2. The fourth-order valence-electron chi connectivity index (χ4n) is 0.959. The highest BCUT2D eigenvalue weighted by Gasteiger charge is 2.13. The first-order chi connectivity index (χ1) is 4.43. The van der Waals surface area contributed by atoms with Crippen molar-refractivity contribution in [2.24, 2.45) is 5.92 Å². The minimum atomic E-state index is 0.551. The maximum Gasteiger partial charge on any atom is 0.207 e. The largest absolute Gasteiger partial charge is 0.381 e. The summed E-state index contributed by atoms with van der Waals surface area (Å²) in [5, 5.41) is 2.63. The molecule has 0 aliphatic carbocycles. The molecule has 1 N–H and O–H groups in total. The summed E-state index contributed by atoms with van der Waals surface area (Å²) in [6, 6.07) is 0. The quantitative estimate of drug-likeness (QED) is 0.534. The Balaban J connectivity index is 2.04. The molecule has 1 fully saturated rings. The van der Waals surface area contributed by atoms with Crippen LogP contribution in [0.5, 0.6) is 0 Å². The van der Waals surface area contributed by atoms with Crippen LogP contribution >= 0.6 is 0 Å². The molecule has 1 unspecified atom stereocenters. The topological polar surface area (TPSA) is 38.3 Å². The van der Waals surface area contributed by atoms with Gasteiger partial charge in [-0.15, -0.1) is 0 Å². The third kappa shape index (κ3) is 2.01. The second-order valence-electron chi connectivity index (χ2n) is 2.26. The van der Waals surface area contributed by atoms with Crippen LogP contribution in [0.4, 0.5) is 0 Å². The standard InChI is InChI=1S/C6H11NO2/c8-5-7-3-6-1-2-9-4-6/h5-6H,1-4H2,(H,7,8). The van der Waals surface area contributed by atoms with Crippen LogP contribution in [-0.4, -0.2) is 26.2 Å². The van der Waals surface area contributed by atoms with Crippen molar-refractivity contribution in [3.8, 4) is 0 Å². The van der Waals surface area contributed by atoms with E-state index in [1.165, 1.54) is 0 Å². The summed E-state index contributed by atoms with van der Waals surface area (Å²) < 4.78 is 5.10. The molecule has 0 aromatic rings. The van der Waals surface area contributed by atoms with Gasteiger partial charge in [-0.3, -0.25) is 4.79 Å². The van der Waals surface area contributed by atoms with Gasteiger partial charge in [-0.25, -0.2) is 0 Å². The van der Waals surface area contributed by atoms with Gasteiger partial charge in [0.2, 0.25) is 6.41 Å². The molecule has 1 saturated heterocycles. The van der Waals surface area contributed by atoms with Gasteiger partial charge in [0.1, 0.15) is 0 Å². The molecule has 1 atom stereocenters. The lowest BCUT2D eigenvalue weighted by atomic mass is 10.1. The fraction of sp³-hybridized carbons (Fsp3) is 0.833. The normalized spacial score (nSPS) is 26.0. The molecule has 0 aromatic carbocycles. The van der Waals surface area contributed by atoms with Gasteiger partial charge in [0.25, 0.3) is 0 Å². The van der Waals surface area contributed by atoms with E-state index in [4.69, 9.17) is 4.74 Å². The molecule has 3 nitrogen and oxygen atoms in total. The Kier molecular flexibility index (Phi) is 2.51. The van der Waals surface area contributed by atoms with E-state index in [0.717, 1.165) is 32.6 Å². The number of hydrogen-bond donors (Lipinski definition) is 1. The Morgan fingerprint density at radius 2 is 2.67 bits per heavy atom. The first-order valence-corrected chi connectivity index (χ1v) is 3.18. The lowest BCUT2D eigenvalue weighted by Crippen LogP contribution is -2.21. The summed E-state index contributed by atoms with van der Waals surface area (Å²) in [6.07, 6.45) is 1.82. The van der Waals surface area contributed by atoms with Crippen LogP contribution in [0.2, 0.25) is 0 Å². The van der Waals surface area contributed by atoms with E-state index in [1.807, 2.05) is 0 Å². The molecule has 0 saturated carbocycles. The Hall–Kier alpha value is -0.570. The molecular formula is C6H11NO2. The van der Waals surface area contributed by atoms with Crippen LogP contribution in [0, 0.1) is 5.92 Å². The number of amides is 1. The predicted octanol–water partition coefficient (Wildman–Crippen LogP) is -0.231. The zero-order valence-corrected chi connectivity index (χ0v) is 5.30. The highest BCUT2D eigenvalue weighted by atomic mass is 16.5. The lowest BCUT2D eigenvalue weighted by molar-refractivity contribution is -0.109. The number of carbonyl (C=O) groups excluding carboxylic acids is 1. The van der Waals surface area contributed by atoms with E-state index in [1.54, 1.807) is 0 Å². The number of rotatable bonds is 3. The lowest BCUT2D eigenvalue weighted by Gasteiger charge is -2.03. The van der Waals surface area contributed by atoms with E-state index in [0.29, 0.717) is 5.92 Å². The van der Waals surface area contributed by atoms with Crippen molar-refractivity contribution >= 4 is 6.41 Å². The van der Waals surface area contributed by atoms with Crippen molar-refractivity contribution in [1.82, 2.24) is 5.32 Å². The molecule has 1 amide bonds. The van der Waals surface area contributed by atoms with Crippen molar-refractivity contribution in [1.29, 1.82) is 0 Å². The first-order valence-electron chi connectivity index (χ1n) is 3.18. The average molecular weight is 129 g/mol. The van der Waals surface area contributed by atoms with Crippen molar-refractivity contribution in [2.75, 3.05) is 19.8 Å². The Morgan fingerprint density at radius 1 is 1.78 bits per heavy atom. The van der Waals surface area contributed by atoms with Crippen molar-refractivity contribution in [3.63, 3.8) is 0 Å². The molecule has 1 aliphatic heterocycles. The van der Waals surface area contributed by atoms with Gasteiger partial charge in [0.15, 0.2) is 0 Å². The highest BCUT2D eigenvalue weighted by Crippen LogP contribution is 2.09. The van der Waals surface area contributed by atoms with Crippen molar-refractivity contribution < 1.29 is 9.53 Å². The number of carbonyl (C=O) groups is 1. The van der Waals surface area contributed by atoms with Gasteiger partial charge in [0.05, 0.1) is 6.61 Å². The zero-order chi connectivity index (χ0) is 6.53. The molecule has 1 rings (SSSR count). The second kappa shape index (κ2) is 3.45. The van der Waals surface area contributed by atoms with Gasteiger partial charge < -0.3 is 10.1 Å². The van der Waals surface area contributed by atoms with Gasteiger partial charge in [-0.05, 0) is 6.42 Å². The van der Waals surface area contributed by atoms with Crippen molar-refractivity contribution in [3.05, 3.63) is 0 Å². The van der Waals surface area contributed by atoms with E-state index in [2.05, 4.69) is 5.32 Å². The van der Waals surface area contributed by atoms with Crippen LogP contribution < -0.4 is 5.32 Å². The highest BCUT2D eigenvalue weighted by molar-refractivity contribution is 5.45. The Morgan fingerprint density at radius 3 is 3.22 bits per heavy atom. The maximum absolute atomic E-state index is 9.81. The summed E-state index contributed by atoms with van der Waals surface area (Å²) in [4.78, 5) is 9.81. The van der Waals surface area contributed by atoms with E-state index in [9.17, 15) is 4.79 Å². The monoisotopic (exact) mass is 129 g/mol. The van der Waals surface area contributed by atoms with Gasteiger partial charge in [-0.1, -0.05) is 0 Å². The molecule has 0 radical (unpaired) electrons. The fourth-order valence-corrected chi connectivity index (χ4v) is 0.959. The SMILES string of the molecule is O=CNCC1CCOC1. The summed E-state index contributed by atoms with van der Waals surface area (Å²) in [5.41, 5.74) is 0. The van der Waals surface area contributed by atoms with Crippen LogP contribution in [0.25, 0.3) is 0 Å². The number of ether oxygens (including phenoxy) is 1. The van der Waals surface area contributed by atoms with Crippen LogP contribution in [0.15, 0.2) is 0 Å². The number of nitrogens with one attached hydrogen (secondary N) is 1. The van der Waals surface area contributed by atoms with Crippen LogP contribution in [-0.2, 0) is 9.53 Å². The molecule has 52 valence electrons. The Labute approximate surface area is 54.4 Å². The Bertz CT molecular complexity index is 89.1. The predicted molar refractivity (Wildman–Crippen MR) is 33.0 cm³/mol. The second-order valence-corrected chi connectivity index (χ2v) is 2.26. The molecule has 0 aromatic heterocycles. The molecule has 0 spiro atoms. The van der Waals surface area contributed by atoms with Gasteiger partial charge >= 0.3 is 0 Å². The molecule has 3 heteroatoms. The molecule has 1 aliphatic rings. The zero-order valence-electron chi connectivity index (χ0n) is 5.30. The summed E-state index contributed by atoms with van der Waals surface area (Å²) in [6.45, 7) is 2.43. The molecular weight excluding hydrogens is 118 g/mol. The molecule has 0 bridgehead atoms. The van der Waals surface area contributed by atoms with Gasteiger partial charge in [-0.2, -0.15) is 0 Å². The smallest absolute Gasteiger partial charge is 0.207 e. The molecule has 9 heavy (non-hydrogen) atoms. The minimum Gasteiger partial charge on any atom is -0.381 e. The van der Waals surface area contributed by atoms with Crippen LogP contribution in [0.3, 0.4) is 0 Å². The van der Waals surface area contributed by atoms with E-state index in [-0.39, 0.29) is 0 Å². The van der Waals surface area contributed by atoms with E-state index >= 15 is 0 Å². The van der Waals surface area contributed by atoms with Gasteiger partial charge in [0, 0.05) is 19.1 Å². The maximum atomic E-state index is 9.81. The minimum absolute atomic E-state index is 0.551. The summed E-state index contributed by atoms with van der Waals surface area (Å²) in [5.74, 6) is 0.551.